The minimum atomic E-state index is -0.327. The summed E-state index contributed by atoms with van der Waals surface area (Å²) in [5.41, 5.74) is 5.88. The largest absolute Gasteiger partial charge is 0.456 e. The number of ether oxygens (including phenoxy) is 2. The average Bonchev–Trinajstić information content (AvgIpc) is 2.59. The first-order chi connectivity index (χ1) is 12.1. The molecule has 3 N–H and O–H groups in total. The van der Waals surface area contributed by atoms with E-state index in [0.717, 1.165) is 6.42 Å². The van der Waals surface area contributed by atoms with Gasteiger partial charge in [0, 0.05) is 12.6 Å². The number of benzene rings is 1. The van der Waals surface area contributed by atoms with Gasteiger partial charge in [0.2, 0.25) is 5.91 Å². The van der Waals surface area contributed by atoms with E-state index in [4.69, 9.17) is 15.2 Å². The minimum absolute atomic E-state index is 0.0903. The SMILES string of the molecule is NC1CCOC(CC(=O)Nc2ccc(Oc3ccc(F)cc3)cn2)C1. The van der Waals surface area contributed by atoms with Gasteiger partial charge in [-0.25, -0.2) is 9.37 Å². The molecule has 0 radical (unpaired) electrons. The van der Waals surface area contributed by atoms with Crippen LogP contribution in [0.2, 0.25) is 0 Å². The first kappa shape index (κ1) is 17.3. The number of rotatable bonds is 5. The number of hydrogen-bond donors (Lipinski definition) is 2. The maximum atomic E-state index is 12.9. The Labute approximate surface area is 145 Å². The fourth-order valence-corrected chi connectivity index (χ4v) is 2.61. The van der Waals surface area contributed by atoms with Gasteiger partial charge >= 0.3 is 0 Å². The Morgan fingerprint density at radius 1 is 1.28 bits per heavy atom. The molecule has 1 aliphatic rings. The van der Waals surface area contributed by atoms with Crippen LogP contribution in [-0.2, 0) is 9.53 Å². The molecule has 2 unspecified atom stereocenters. The summed E-state index contributed by atoms with van der Waals surface area (Å²) >= 11 is 0. The second kappa shape index (κ2) is 8.04. The Kier molecular flexibility index (Phi) is 5.57. The van der Waals surface area contributed by atoms with Crippen LogP contribution in [-0.4, -0.2) is 29.6 Å². The van der Waals surface area contributed by atoms with Crippen molar-refractivity contribution in [1.82, 2.24) is 4.98 Å². The summed E-state index contributed by atoms with van der Waals surface area (Å²) in [6, 6.07) is 9.10. The summed E-state index contributed by atoms with van der Waals surface area (Å²) in [7, 11) is 0. The molecule has 0 aliphatic carbocycles. The zero-order chi connectivity index (χ0) is 17.6. The molecular formula is C18H20FN3O3. The van der Waals surface area contributed by atoms with Gasteiger partial charge in [0.25, 0.3) is 0 Å². The van der Waals surface area contributed by atoms with Crippen LogP contribution < -0.4 is 15.8 Å². The lowest BCUT2D eigenvalue weighted by Gasteiger charge is -2.26. The number of nitrogens with two attached hydrogens (primary N) is 1. The second-order valence-electron chi connectivity index (χ2n) is 5.96. The van der Waals surface area contributed by atoms with Crippen molar-refractivity contribution in [3.05, 3.63) is 48.4 Å². The number of amides is 1. The van der Waals surface area contributed by atoms with E-state index in [1.54, 1.807) is 12.1 Å². The van der Waals surface area contributed by atoms with Gasteiger partial charge in [0.05, 0.1) is 18.7 Å². The number of halogens is 1. The lowest BCUT2D eigenvalue weighted by molar-refractivity contribution is -0.120. The highest BCUT2D eigenvalue weighted by Gasteiger charge is 2.22. The van der Waals surface area contributed by atoms with Gasteiger partial charge in [-0.15, -0.1) is 0 Å². The molecule has 3 rings (SSSR count). The third-order valence-corrected chi connectivity index (χ3v) is 3.87. The molecule has 6 nitrogen and oxygen atoms in total. The predicted octanol–water partition coefficient (Wildman–Crippen LogP) is 2.85. The molecule has 1 aromatic carbocycles. The van der Waals surface area contributed by atoms with Crippen LogP contribution >= 0.6 is 0 Å². The van der Waals surface area contributed by atoms with E-state index >= 15 is 0 Å². The van der Waals surface area contributed by atoms with E-state index in [-0.39, 0.29) is 30.3 Å². The summed E-state index contributed by atoms with van der Waals surface area (Å²) in [6.07, 6.45) is 3.11. The van der Waals surface area contributed by atoms with Crippen LogP contribution in [0.5, 0.6) is 11.5 Å². The molecule has 25 heavy (non-hydrogen) atoms. The van der Waals surface area contributed by atoms with Crippen LogP contribution in [0.1, 0.15) is 19.3 Å². The third-order valence-electron chi connectivity index (χ3n) is 3.87. The van der Waals surface area contributed by atoms with E-state index in [2.05, 4.69) is 10.3 Å². The maximum absolute atomic E-state index is 12.9. The molecule has 2 aromatic rings. The van der Waals surface area contributed by atoms with Crippen molar-refractivity contribution < 1.29 is 18.7 Å². The molecule has 0 saturated carbocycles. The monoisotopic (exact) mass is 345 g/mol. The Morgan fingerprint density at radius 3 is 2.72 bits per heavy atom. The molecule has 2 atom stereocenters. The summed E-state index contributed by atoms with van der Waals surface area (Å²) in [5.74, 6) is 0.929. The molecule has 1 aromatic heterocycles. The van der Waals surface area contributed by atoms with E-state index in [9.17, 15) is 9.18 Å². The molecule has 1 fully saturated rings. The number of carbonyl (C=O) groups excluding carboxylic acids is 1. The predicted molar refractivity (Wildman–Crippen MR) is 90.9 cm³/mol. The van der Waals surface area contributed by atoms with Crippen molar-refractivity contribution >= 4 is 11.7 Å². The zero-order valence-electron chi connectivity index (χ0n) is 13.7. The van der Waals surface area contributed by atoms with Crippen LogP contribution in [0.3, 0.4) is 0 Å². The second-order valence-corrected chi connectivity index (χ2v) is 5.96. The smallest absolute Gasteiger partial charge is 0.228 e. The van der Waals surface area contributed by atoms with Crippen molar-refractivity contribution in [2.24, 2.45) is 5.73 Å². The van der Waals surface area contributed by atoms with E-state index < -0.39 is 0 Å². The van der Waals surface area contributed by atoms with Crippen LogP contribution in [0.15, 0.2) is 42.6 Å². The van der Waals surface area contributed by atoms with Crippen molar-refractivity contribution in [2.75, 3.05) is 11.9 Å². The van der Waals surface area contributed by atoms with Crippen molar-refractivity contribution in [1.29, 1.82) is 0 Å². The zero-order valence-corrected chi connectivity index (χ0v) is 13.7. The molecule has 0 bridgehead atoms. The lowest BCUT2D eigenvalue weighted by Crippen LogP contribution is -2.36. The van der Waals surface area contributed by atoms with Gasteiger partial charge in [-0.2, -0.15) is 0 Å². The van der Waals surface area contributed by atoms with Crippen molar-refractivity contribution in [3.63, 3.8) is 0 Å². The van der Waals surface area contributed by atoms with Gasteiger partial charge in [0.15, 0.2) is 0 Å². The van der Waals surface area contributed by atoms with Crippen LogP contribution in [0, 0.1) is 5.82 Å². The fraction of sp³-hybridized carbons (Fsp3) is 0.333. The van der Waals surface area contributed by atoms with Crippen LogP contribution in [0.4, 0.5) is 10.2 Å². The first-order valence-electron chi connectivity index (χ1n) is 8.15. The minimum Gasteiger partial charge on any atom is -0.456 e. The maximum Gasteiger partial charge on any atom is 0.228 e. The van der Waals surface area contributed by atoms with Crippen molar-refractivity contribution in [2.45, 2.75) is 31.4 Å². The highest BCUT2D eigenvalue weighted by Crippen LogP contribution is 2.22. The summed E-state index contributed by atoms with van der Waals surface area (Å²) < 4.78 is 24.0. The van der Waals surface area contributed by atoms with E-state index in [0.29, 0.717) is 30.3 Å². The number of carbonyl (C=O) groups is 1. The highest BCUT2D eigenvalue weighted by atomic mass is 19.1. The number of hydrogen-bond acceptors (Lipinski definition) is 5. The molecule has 7 heteroatoms. The topological polar surface area (TPSA) is 86.5 Å². The normalized spacial score (nSPS) is 20.1. The molecule has 1 aliphatic heterocycles. The number of nitrogens with one attached hydrogen (secondary N) is 1. The Morgan fingerprint density at radius 2 is 2.04 bits per heavy atom. The Bertz CT molecular complexity index is 707. The van der Waals surface area contributed by atoms with Gasteiger partial charge in [-0.1, -0.05) is 0 Å². The van der Waals surface area contributed by atoms with Gasteiger partial charge in [-0.3, -0.25) is 4.79 Å². The van der Waals surface area contributed by atoms with E-state index in [1.165, 1.54) is 30.5 Å². The Hall–Kier alpha value is -2.51. The van der Waals surface area contributed by atoms with Gasteiger partial charge in [-0.05, 0) is 49.2 Å². The van der Waals surface area contributed by atoms with Crippen LogP contribution in [0.25, 0.3) is 0 Å². The standard InChI is InChI=1S/C18H20FN3O3/c19-12-1-3-14(4-2-12)25-15-5-6-17(21-11-15)22-18(23)10-16-9-13(20)7-8-24-16/h1-6,11,13,16H,7-10,20H2,(H,21,22,23). The molecule has 0 spiro atoms. The first-order valence-corrected chi connectivity index (χ1v) is 8.15. The number of pyridine rings is 1. The molecular weight excluding hydrogens is 325 g/mol. The fourth-order valence-electron chi connectivity index (χ4n) is 2.61. The lowest BCUT2D eigenvalue weighted by atomic mass is 10.0. The summed E-state index contributed by atoms with van der Waals surface area (Å²) in [4.78, 5) is 16.2. The molecule has 2 heterocycles. The molecule has 1 saturated heterocycles. The number of aromatic nitrogens is 1. The Balaban J connectivity index is 1.51. The molecule has 132 valence electrons. The number of nitrogens with zero attached hydrogens (tertiary/aromatic N) is 1. The van der Waals surface area contributed by atoms with Gasteiger partial charge < -0.3 is 20.5 Å². The summed E-state index contributed by atoms with van der Waals surface area (Å²) in [6.45, 7) is 0.590. The van der Waals surface area contributed by atoms with E-state index in [1.807, 2.05) is 0 Å². The average molecular weight is 345 g/mol. The summed E-state index contributed by atoms with van der Waals surface area (Å²) in [5, 5.41) is 2.73. The third kappa shape index (κ3) is 5.23. The highest BCUT2D eigenvalue weighted by molar-refractivity contribution is 5.90. The molecule has 1 amide bonds. The van der Waals surface area contributed by atoms with Crippen molar-refractivity contribution in [3.8, 4) is 11.5 Å². The number of anilines is 1. The quantitative estimate of drug-likeness (QED) is 0.870. The van der Waals surface area contributed by atoms with Gasteiger partial charge in [0.1, 0.15) is 23.1 Å².